The van der Waals surface area contributed by atoms with Gasteiger partial charge in [-0.05, 0) is 13.3 Å². The zero-order valence-electron chi connectivity index (χ0n) is 9.62. The van der Waals surface area contributed by atoms with Gasteiger partial charge in [0.15, 0.2) is 0 Å². The quantitative estimate of drug-likeness (QED) is 0.820. The molecule has 0 aliphatic rings. The average molecular weight is 266 g/mol. The van der Waals surface area contributed by atoms with Crippen molar-refractivity contribution in [3.63, 3.8) is 0 Å². The van der Waals surface area contributed by atoms with Crippen molar-refractivity contribution in [2.24, 2.45) is 7.05 Å². The summed E-state index contributed by atoms with van der Waals surface area (Å²) in [6.07, 6.45) is 1.73. The van der Waals surface area contributed by atoms with Gasteiger partial charge < -0.3 is 0 Å². The fourth-order valence-electron chi connectivity index (χ4n) is 1.37. The molecular weight excluding hydrogens is 250 g/mol. The van der Waals surface area contributed by atoms with Crippen molar-refractivity contribution < 1.29 is 8.42 Å². The Morgan fingerprint density at radius 1 is 1.50 bits per heavy atom. The summed E-state index contributed by atoms with van der Waals surface area (Å²) in [7, 11) is -1.93. The molecule has 0 amide bonds. The number of nitrogens with one attached hydrogen (secondary N) is 1. The molecule has 0 unspecified atom stereocenters. The summed E-state index contributed by atoms with van der Waals surface area (Å²) < 4.78 is 27.7. The number of aryl methyl sites for hydroxylation is 2. The van der Waals surface area contributed by atoms with Crippen LogP contribution in [-0.2, 0) is 17.1 Å². The number of hydrogen-bond acceptors (Lipinski definition) is 3. The maximum absolute atomic E-state index is 11.9. The maximum atomic E-state index is 11.9. The first kappa shape index (κ1) is 13.5. The molecule has 5 nitrogen and oxygen atoms in total. The molecule has 0 saturated heterocycles. The van der Waals surface area contributed by atoms with Gasteiger partial charge in [-0.3, -0.25) is 4.68 Å². The monoisotopic (exact) mass is 265 g/mol. The van der Waals surface area contributed by atoms with Crippen LogP contribution in [0.15, 0.2) is 4.90 Å². The molecule has 0 atom stereocenters. The van der Waals surface area contributed by atoms with E-state index in [1.165, 1.54) is 4.68 Å². The van der Waals surface area contributed by atoms with Gasteiger partial charge >= 0.3 is 0 Å². The highest BCUT2D eigenvalue weighted by Gasteiger charge is 2.24. The Bertz CT molecular complexity index is 467. The lowest BCUT2D eigenvalue weighted by molar-refractivity contribution is 0.577. The molecule has 92 valence electrons. The van der Waals surface area contributed by atoms with Crippen LogP contribution in [0.2, 0.25) is 5.15 Å². The van der Waals surface area contributed by atoms with Gasteiger partial charge in [0.05, 0.1) is 5.69 Å². The first-order valence-electron chi connectivity index (χ1n) is 5.09. The summed E-state index contributed by atoms with van der Waals surface area (Å²) in [5, 5.41) is 4.11. The molecule has 7 heteroatoms. The Morgan fingerprint density at radius 3 is 2.56 bits per heavy atom. The van der Waals surface area contributed by atoms with Gasteiger partial charge in [-0.25, -0.2) is 13.1 Å². The summed E-state index contributed by atoms with van der Waals surface area (Å²) in [6, 6.07) is 0. The highest BCUT2D eigenvalue weighted by atomic mass is 35.5. The van der Waals surface area contributed by atoms with Crippen LogP contribution >= 0.6 is 11.6 Å². The Balaban J connectivity index is 2.98. The first-order valence-corrected chi connectivity index (χ1v) is 6.95. The van der Waals surface area contributed by atoms with Gasteiger partial charge in [-0.15, -0.1) is 0 Å². The van der Waals surface area contributed by atoms with Crippen molar-refractivity contribution in [1.29, 1.82) is 0 Å². The second-order valence-electron chi connectivity index (χ2n) is 3.58. The van der Waals surface area contributed by atoms with E-state index < -0.39 is 10.0 Å². The molecule has 0 spiro atoms. The summed E-state index contributed by atoms with van der Waals surface area (Å²) in [5.41, 5.74) is 0.413. The van der Waals surface area contributed by atoms with Gasteiger partial charge in [0.1, 0.15) is 10.0 Å². The molecule has 0 radical (unpaired) electrons. The van der Waals surface area contributed by atoms with Crippen LogP contribution in [0.5, 0.6) is 0 Å². The molecule has 0 bridgehead atoms. The molecule has 0 fully saturated rings. The van der Waals surface area contributed by atoms with E-state index in [-0.39, 0.29) is 10.0 Å². The van der Waals surface area contributed by atoms with Crippen molar-refractivity contribution in [1.82, 2.24) is 14.5 Å². The lowest BCUT2D eigenvalue weighted by atomic mass is 10.3. The number of nitrogens with zero attached hydrogens (tertiary/aromatic N) is 2. The minimum Gasteiger partial charge on any atom is -0.255 e. The van der Waals surface area contributed by atoms with Crippen LogP contribution < -0.4 is 4.72 Å². The normalized spacial score (nSPS) is 12.0. The molecule has 0 aromatic carbocycles. The fourth-order valence-corrected chi connectivity index (χ4v) is 3.19. The largest absolute Gasteiger partial charge is 0.255 e. The fraction of sp³-hybridized carbons (Fsp3) is 0.667. The van der Waals surface area contributed by atoms with E-state index in [4.69, 9.17) is 11.6 Å². The molecular formula is C9H16ClN3O2S. The number of sulfonamides is 1. The molecule has 1 rings (SSSR count). The minimum absolute atomic E-state index is 0.0766. The van der Waals surface area contributed by atoms with Crippen LogP contribution in [0.3, 0.4) is 0 Å². The molecule has 1 heterocycles. The average Bonchev–Trinajstić information content (AvgIpc) is 2.41. The number of unbranched alkanes of at least 4 members (excludes halogenated alkanes) is 1. The van der Waals surface area contributed by atoms with Gasteiger partial charge in [-0.1, -0.05) is 24.9 Å². The Morgan fingerprint density at radius 2 is 2.12 bits per heavy atom. The molecule has 16 heavy (non-hydrogen) atoms. The minimum atomic E-state index is -3.54. The molecule has 0 aliphatic heterocycles. The predicted octanol–water partition coefficient (Wildman–Crippen LogP) is 1.46. The third-order valence-corrected chi connectivity index (χ3v) is 4.35. The maximum Gasteiger partial charge on any atom is 0.245 e. The summed E-state index contributed by atoms with van der Waals surface area (Å²) in [6.45, 7) is 4.04. The highest BCUT2D eigenvalue weighted by molar-refractivity contribution is 7.89. The number of rotatable bonds is 5. The molecule has 1 aromatic rings. The van der Waals surface area contributed by atoms with E-state index in [1.807, 2.05) is 6.92 Å². The molecule has 0 saturated carbocycles. The van der Waals surface area contributed by atoms with Crippen LogP contribution in [0.25, 0.3) is 0 Å². The van der Waals surface area contributed by atoms with E-state index in [0.717, 1.165) is 12.8 Å². The number of aromatic nitrogens is 2. The smallest absolute Gasteiger partial charge is 0.245 e. The van der Waals surface area contributed by atoms with E-state index in [1.54, 1.807) is 14.0 Å². The lowest BCUT2D eigenvalue weighted by Crippen LogP contribution is -2.25. The van der Waals surface area contributed by atoms with Gasteiger partial charge in [0, 0.05) is 13.6 Å². The van der Waals surface area contributed by atoms with E-state index in [9.17, 15) is 8.42 Å². The SMILES string of the molecule is CCCCNS(=O)(=O)c1c(C)nn(C)c1Cl. The lowest BCUT2D eigenvalue weighted by Gasteiger charge is -2.05. The van der Waals surface area contributed by atoms with Crippen molar-refractivity contribution in [3.8, 4) is 0 Å². The van der Waals surface area contributed by atoms with Crippen LogP contribution in [-0.4, -0.2) is 24.7 Å². The van der Waals surface area contributed by atoms with E-state index >= 15 is 0 Å². The van der Waals surface area contributed by atoms with Gasteiger partial charge in [0.25, 0.3) is 0 Å². The van der Waals surface area contributed by atoms with Crippen molar-refractivity contribution >= 4 is 21.6 Å². The number of halogens is 1. The number of hydrogen-bond donors (Lipinski definition) is 1. The summed E-state index contributed by atoms with van der Waals surface area (Å²) in [4.78, 5) is 0.0766. The van der Waals surface area contributed by atoms with E-state index in [0.29, 0.717) is 12.2 Å². The van der Waals surface area contributed by atoms with Crippen LogP contribution in [0.1, 0.15) is 25.5 Å². The molecule has 1 N–H and O–H groups in total. The van der Waals surface area contributed by atoms with E-state index in [2.05, 4.69) is 9.82 Å². The highest BCUT2D eigenvalue weighted by Crippen LogP contribution is 2.23. The predicted molar refractivity (Wildman–Crippen MR) is 63.1 cm³/mol. The van der Waals surface area contributed by atoms with Crippen LogP contribution in [0, 0.1) is 6.92 Å². The third kappa shape index (κ3) is 2.75. The standard InChI is InChI=1S/C9H16ClN3O2S/c1-4-5-6-11-16(14,15)8-7(2)12-13(3)9(8)10/h11H,4-6H2,1-3H3. The molecule has 0 aliphatic carbocycles. The summed E-state index contributed by atoms with van der Waals surface area (Å²) >= 11 is 5.89. The van der Waals surface area contributed by atoms with Gasteiger partial charge in [0.2, 0.25) is 10.0 Å². The Hall–Kier alpha value is -0.590. The summed E-state index contributed by atoms with van der Waals surface area (Å²) in [5.74, 6) is 0. The zero-order chi connectivity index (χ0) is 12.3. The third-order valence-electron chi connectivity index (χ3n) is 2.19. The van der Waals surface area contributed by atoms with Crippen molar-refractivity contribution in [2.75, 3.05) is 6.54 Å². The Kier molecular flexibility index (Phi) is 4.35. The van der Waals surface area contributed by atoms with Crippen molar-refractivity contribution in [2.45, 2.75) is 31.6 Å². The van der Waals surface area contributed by atoms with Crippen LogP contribution in [0.4, 0.5) is 0 Å². The van der Waals surface area contributed by atoms with Gasteiger partial charge in [-0.2, -0.15) is 5.10 Å². The Labute approximate surface area is 101 Å². The first-order chi connectivity index (χ1) is 7.40. The topological polar surface area (TPSA) is 64.0 Å². The van der Waals surface area contributed by atoms with Crippen molar-refractivity contribution in [3.05, 3.63) is 10.8 Å². The second-order valence-corrected chi connectivity index (χ2v) is 5.64. The molecule has 1 aromatic heterocycles. The zero-order valence-corrected chi connectivity index (χ0v) is 11.2. The second kappa shape index (κ2) is 5.16.